The molecule has 0 atom stereocenters. The van der Waals surface area contributed by atoms with Crippen LogP contribution in [-0.2, 0) is 19.3 Å². The van der Waals surface area contributed by atoms with Crippen molar-refractivity contribution in [3.63, 3.8) is 0 Å². The number of carbonyl (C=O) groups is 2. The Morgan fingerprint density at radius 2 is 1.26 bits per heavy atom. The van der Waals surface area contributed by atoms with E-state index in [1.165, 1.54) is 36.4 Å². The lowest BCUT2D eigenvalue weighted by molar-refractivity contribution is -0.195. The molecule has 0 aliphatic rings. The molecule has 0 saturated heterocycles. The minimum Gasteiger partial charge on any atom is -0.478 e. The number of anilines is 4. The number of carboxylic acids is 2. The summed E-state index contributed by atoms with van der Waals surface area (Å²) in [6.45, 7) is 0. The highest BCUT2D eigenvalue weighted by molar-refractivity contribution is 7.94. The third-order valence-corrected chi connectivity index (χ3v) is 5.92. The fraction of sp³-hybridized carbons (Fsp3) is 0. The van der Waals surface area contributed by atoms with Gasteiger partial charge in [0.15, 0.2) is 0 Å². The molecule has 0 aromatic heterocycles. The molecule has 0 fully saturated rings. The Bertz CT molecular complexity index is 1310. The first-order valence-corrected chi connectivity index (χ1v) is 11.5. The molecule has 12 nitrogen and oxygen atoms in total. The second kappa shape index (κ2) is 10.5. The van der Waals surface area contributed by atoms with Crippen LogP contribution >= 0.6 is 12.0 Å². The van der Waals surface area contributed by atoms with Crippen molar-refractivity contribution in [2.45, 2.75) is 9.79 Å². The van der Waals surface area contributed by atoms with E-state index < -0.39 is 22.0 Å². The van der Waals surface area contributed by atoms with Gasteiger partial charge in [-0.2, -0.15) is 5.90 Å². The molecule has 178 valence electrons. The van der Waals surface area contributed by atoms with Crippen LogP contribution in [0, 0.1) is 0 Å². The average molecular weight is 507 g/mol. The van der Waals surface area contributed by atoms with E-state index in [0.717, 1.165) is 12.0 Å². The van der Waals surface area contributed by atoms with Gasteiger partial charge < -0.3 is 20.8 Å². The molecule has 3 rings (SSSR count). The van der Waals surface area contributed by atoms with Gasteiger partial charge in [-0.15, -0.1) is 9.32 Å². The van der Waals surface area contributed by atoms with Crippen LogP contribution in [0.5, 0.6) is 0 Å². The third-order valence-electron chi connectivity index (χ3n) is 4.38. The first kappa shape index (κ1) is 25.0. The summed E-state index contributed by atoms with van der Waals surface area (Å²) in [5.74, 6) is 2.17. The van der Waals surface area contributed by atoms with Gasteiger partial charge in [0.25, 0.3) is 0 Å². The largest absolute Gasteiger partial charge is 0.478 e. The van der Waals surface area contributed by atoms with Crippen LogP contribution in [0.15, 0.2) is 70.5 Å². The summed E-state index contributed by atoms with van der Waals surface area (Å²) in [6, 6.07) is 14.1. The quantitative estimate of drug-likeness (QED) is 0.133. The SMILES string of the molecule is NOOSc1ccc(Nc2cc(C(=O)O)c(Nc3ccc(S(N)(=O)=O)cc3)cc2C(=O)O)cc1. The summed E-state index contributed by atoms with van der Waals surface area (Å²) < 4.78 is 27.4. The Hall–Kier alpha value is -3.66. The minimum atomic E-state index is -3.90. The Kier molecular flexibility index (Phi) is 7.72. The molecule has 3 aromatic rings. The highest BCUT2D eigenvalue weighted by Crippen LogP contribution is 2.31. The van der Waals surface area contributed by atoms with Gasteiger partial charge >= 0.3 is 11.9 Å². The summed E-state index contributed by atoms with van der Waals surface area (Å²) >= 11 is 0.859. The van der Waals surface area contributed by atoms with Crippen LogP contribution in [0.3, 0.4) is 0 Å². The molecule has 0 aliphatic carbocycles. The van der Waals surface area contributed by atoms with Crippen LogP contribution in [0.2, 0.25) is 0 Å². The number of hydrogen-bond donors (Lipinski definition) is 6. The zero-order chi connectivity index (χ0) is 24.9. The maximum Gasteiger partial charge on any atom is 0.337 e. The van der Waals surface area contributed by atoms with Crippen molar-refractivity contribution in [1.82, 2.24) is 0 Å². The molecule has 0 bridgehead atoms. The standard InChI is InChI=1S/C20H18N4O8S2/c21-31-32-33-13-5-1-11(2-6-13)23-17-9-16(20(27)28)18(10-15(17)19(25)26)24-12-3-7-14(8-4-12)34(22,29)30/h1-10,23-24H,21H2,(H,25,26)(H,27,28)(H2,22,29,30). The Morgan fingerprint density at radius 3 is 1.65 bits per heavy atom. The van der Waals surface area contributed by atoms with E-state index in [1.807, 2.05) is 0 Å². The maximum atomic E-state index is 11.9. The van der Waals surface area contributed by atoms with Crippen molar-refractivity contribution in [3.8, 4) is 0 Å². The number of nitrogens with one attached hydrogen (secondary N) is 2. The van der Waals surface area contributed by atoms with E-state index in [1.54, 1.807) is 24.3 Å². The van der Waals surface area contributed by atoms with Gasteiger partial charge in [-0.05, 0) is 60.7 Å². The first-order valence-electron chi connectivity index (χ1n) is 9.20. The molecule has 0 heterocycles. The number of aromatic carboxylic acids is 2. The lowest BCUT2D eigenvalue weighted by Gasteiger charge is -2.16. The topological polar surface area (TPSA) is 203 Å². The Morgan fingerprint density at radius 1 is 0.824 bits per heavy atom. The molecule has 0 saturated carbocycles. The molecule has 0 amide bonds. The normalized spacial score (nSPS) is 11.1. The molecule has 3 aromatic carbocycles. The molecular formula is C20H18N4O8S2. The number of sulfonamides is 1. The Balaban J connectivity index is 1.94. The van der Waals surface area contributed by atoms with E-state index in [4.69, 9.17) is 11.0 Å². The number of benzene rings is 3. The lowest BCUT2D eigenvalue weighted by Crippen LogP contribution is -2.12. The summed E-state index contributed by atoms with van der Waals surface area (Å²) in [6.07, 6.45) is 0. The van der Waals surface area contributed by atoms with Gasteiger partial charge in [-0.25, -0.2) is 23.1 Å². The maximum absolute atomic E-state index is 11.9. The van der Waals surface area contributed by atoms with E-state index in [2.05, 4.69) is 20.0 Å². The molecule has 0 spiro atoms. The van der Waals surface area contributed by atoms with Crippen molar-refractivity contribution in [3.05, 3.63) is 71.8 Å². The fourth-order valence-electron chi connectivity index (χ4n) is 2.85. The van der Waals surface area contributed by atoms with Crippen LogP contribution in [0.1, 0.15) is 20.7 Å². The molecule has 0 unspecified atom stereocenters. The van der Waals surface area contributed by atoms with Crippen molar-refractivity contribution in [1.29, 1.82) is 0 Å². The number of rotatable bonds is 10. The molecule has 8 N–H and O–H groups in total. The lowest BCUT2D eigenvalue weighted by atomic mass is 10.1. The van der Waals surface area contributed by atoms with Gasteiger partial charge in [-0.3, -0.25) is 0 Å². The van der Waals surface area contributed by atoms with Crippen molar-refractivity contribution < 1.29 is 37.5 Å². The third kappa shape index (κ3) is 6.22. The van der Waals surface area contributed by atoms with Crippen LogP contribution < -0.4 is 21.7 Å². The van der Waals surface area contributed by atoms with Crippen molar-refractivity contribution >= 4 is 56.8 Å². The van der Waals surface area contributed by atoms with E-state index in [0.29, 0.717) is 16.3 Å². The second-order valence-corrected chi connectivity index (χ2v) is 8.98. The smallest absolute Gasteiger partial charge is 0.337 e. The highest BCUT2D eigenvalue weighted by Gasteiger charge is 2.19. The van der Waals surface area contributed by atoms with Gasteiger partial charge in [0.1, 0.15) is 0 Å². The van der Waals surface area contributed by atoms with Gasteiger partial charge in [0, 0.05) is 16.3 Å². The van der Waals surface area contributed by atoms with E-state index in [9.17, 15) is 28.2 Å². The summed E-state index contributed by atoms with van der Waals surface area (Å²) in [7, 11) is -3.90. The highest BCUT2D eigenvalue weighted by atomic mass is 32.2. The summed E-state index contributed by atoms with van der Waals surface area (Å²) in [5.41, 5.74) is 0.419. The zero-order valence-electron chi connectivity index (χ0n) is 17.1. The van der Waals surface area contributed by atoms with Gasteiger partial charge in [0.2, 0.25) is 10.0 Å². The number of primary sulfonamides is 1. The van der Waals surface area contributed by atoms with Gasteiger partial charge in [-0.1, -0.05) is 0 Å². The minimum absolute atomic E-state index is 0.00973. The van der Waals surface area contributed by atoms with Crippen LogP contribution in [-0.4, -0.2) is 30.6 Å². The molecule has 14 heteroatoms. The predicted molar refractivity (Wildman–Crippen MR) is 123 cm³/mol. The van der Waals surface area contributed by atoms with Crippen LogP contribution in [0.25, 0.3) is 0 Å². The molecule has 0 radical (unpaired) electrons. The van der Waals surface area contributed by atoms with E-state index in [-0.39, 0.29) is 27.4 Å². The monoisotopic (exact) mass is 506 g/mol. The van der Waals surface area contributed by atoms with Crippen LogP contribution in [0.4, 0.5) is 22.7 Å². The Labute approximate surface area is 197 Å². The van der Waals surface area contributed by atoms with Crippen molar-refractivity contribution in [2.75, 3.05) is 10.6 Å². The fourth-order valence-corrected chi connectivity index (χ4v) is 3.73. The number of hydrogen-bond acceptors (Lipinski definition) is 10. The molecule has 34 heavy (non-hydrogen) atoms. The van der Waals surface area contributed by atoms with Gasteiger partial charge in [0.05, 0.1) is 39.4 Å². The summed E-state index contributed by atoms with van der Waals surface area (Å²) in [5, 5.41) is 30.1. The number of nitrogens with two attached hydrogens (primary N) is 2. The summed E-state index contributed by atoms with van der Waals surface area (Å²) in [4.78, 5) is 28.3. The predicted octanol–water partition coefficient (Wildman–Crippen LogP) is 3.05. The molecule has 0 aliphatic heterocycles. The zero-order valence-corrected chi connectivity index (χ0v) is 18.7. The molecular weight excluding hydrogens is 488 g/mol. The first-order chi connectivity index (χ1) is 16.1. The average Bonchev–Trinajstić information content (AvgIpc) is 2.78. The van der Waals surface area contributed by atoms with Crippen molar-refractivity contribution in [2.24, 2.45) is 11.0 Å². The second-order valence-electron chi connectivity index (χ2n) is 6.65. The van der Waals surface area contributed by atoms with E-state index >= 15 is 0 Å². The number of carboxylic acid groups (broad SMARTS) is 2.